The second-order valence-corrected chi connectivity index (χ2v) is 3.83. The molecule has 0 saturated heterocycles. The average Bonchev–Trinajstić information content (AvgIpc) is 2.68. The number of pyridine rings is 1. The van der Waals surface area contributed by atoms with E-state index < -0.39 is 0 Å². The van der Waals surface area contributed by atoms with Crippen molar-refractivity contribution < 1.29 is 0 Å². The van der Waals surface area contributed by atoms with Crippen LogP contribution in [0.2, 0.25) is 0 Å². The molecule has 2 heterocycles. The third-order valence-electron chi connectivity index (χ3n) is 1.80. The molecule has 2 aromatic heterocycles. The normalized spacial score (nSPS) is 10.2. The molecular formula is C9H10N4OS. The van der Waals surface area contributed by atoms with E-state index in [9.17, 15) is 4.79 Å². The first kappa shape index (κ1) is 9.85. The number of anilines is 1. The fraction of sp³-hybridized carbons (Fsp3) is 0.222. The Morgan fingerprint density at radius 2 is 2.40 bits per heavy atom. The Hall–Kier alpha value is -1.69. The summed E-state index contributed by atoms with van der Waals surface area (Å²) in [6.45, 7) is 2.77. The number of hydrogen-bond acceptors (Lipinski definition) is 5. The lowest BCUT2D eigenvalue weighted by Crippen LogP contribution is -2.06. The van der Waals surface area contributed by atoms with Gasteiger partial charge in [0.25, 0.3) is 5.56 Å². The van der Waals surface area contributed by atoms with Crippen molar-refractivity contribution in [2.24, 2.45) is 0 Å². The van der Waals surface area contributed by atoms with E-state index in [1.807, 2.05) is 6.92 Å². The lowest BCUT2D eigenvalue weighted by molar-refractivity contribution is 1.07. The first-order chi connectivity index (χ1) is 7.31. The Kier molecular flexibility index (Phi) is 2.77. The van der Waals surface area contributed by atoms with Crippen LogP contribution < -0.4 is 10.9 Å². The minimum absolute atomic E-state index is 0.142. The van der Waals surface area contributed by atoms with Crippen molar-refractivity contribution in [3.8, 4) is 10.6 Å². The second kappa shape index (κ2) is 4.22. The molecule has 0 atom stereocenters. The summed E-state index contributed by atoms with van der Waals surface area (Å²) in [4.78, 5) is 14.1. The topological polar surface area (TPSA) is 70.7 Å². The molecule has 0 aliphatic carbocycles. The van der Waals surface area contributed by atoms with Crippen LogP contribution in [0.15, 0.2) is 23.1 Å². The van der Waals surface area contributed by atoms with Gasteiger partial charge in [0.15, 0.2) is 5.01 Å². The number of rotatable bonds is 3. The molecule has 0 aromatic carbocycles. The fourth-order valence-electron chi connectivity index (χ4n) is 1.14. The molecule has 0 aliphatic heterocycles. The van der Waals surface area contributed by atoms with Gasteiger partial charge in [0.05, 0.1) is 5.56 Å². The van der Waals surface area contributed by atoms with Gasteiger partial charge in [-0.3, -0.25) is 4.79 Å². The van der Waals surface area contributed by atoms with E-state index in [2.05, 4.69) is 20.5 Å². The van der Waals surface area contributed by atoms with Gasteiger partial charge in [-0.2, -0.15) is 0 Å². The summed E-state index contributed by atoms with van der Waals surface area (Å²) in [5.74, 6) is 0. The van der Waals surface area contributed by atoms with E-state index in [0.717, 1.165) is 11.7 Å². The highest BCUT2D eigenvalue weighted by Gasteiger charge is 2.08. The maximum Gasteiger partial charge on any atom is 0.258 e. The van der Waals surface area contributed by atoms with E-state index >= 15 is 0 Å². The predicted octanol–water partition coefficient (Wildman–Crippen LogP) is 1.33. The predicted molar refractivity (Wildman–Crippen MR) is 60.1 cm³/mol. The molecular weight excluding hydrogens is 212 g/mol. The van der Waals surface area contributed by atoms with Crippen LogP contribution in [0.3, 0.4) is 0 Å². The van der Waals surface area contributed by atoms with Gasteiger partial charge in [0, 0.05) is 12.7 Å². The Labute approximate surface area is 90.2 Å². The van der Waals surface area contributed by atoms with Crippen molar-refractivity contribution in [2.75, 3.05) is 11.9 Å². The van der Waals surface area contributed by atoms with Gasteiger partial charge in [0.1, 0.15) is 0 Å². The monoisotopic (exact) mass is 222 g/mol. The summed E-state index contributed by atoms with van der Waals surface area (Å²) in [7, 11) is 0. The maximum atomic E-state index is 11.4. The number of nitrogens with zero attached hydrogens (tertiary/aromatic N) is 2. The van der Waals surface area contributed by atoms with Crippen molar-refractivity contribution in [1.82, 2.24) is 15.2 Å². The molecule has 2 aromatic rings. The van der Waals surface area contributed by atoms with Gasteiger partial charge in [-0.25, -0.2) is 0 Å². The van der Waals surface area contributed by atoms with Crippen molar-refractivity contribution in [2.45, 2.75) is 6.92 Å². The van der Waals surface area contributed by atoms with Crippen LogP contribution in [0.5, 0.6) is 0 Å². The van der Waals surface area contributed by atoms with Gasteiger partial charge < -0.3 is 10.3 Å². The van der Waals surface area contributed by atoms with E-state index in [4.69, 9.17) is 0 Å². The van der Waals surface area contributed by atoms with Crippen molar-refractivity contribution >= 4 is 16.5 Å². The average molecular weight is 222 g/mol. The van der Waals surface area contributed by atoms with Gasteiger partial charge in [-0.15, -0.1) is 10.2 Å². The Morgan fingerprint density at radius 1 is 1.53 bits per heavy atom. The third kappa shape index (κ3) is 2.04. The Morgan fingerprint density at radius 3 is 3.13 bits per heavy atom. The largest absolute Gasteiger partial charge is 0.360 e. The van der Waals surface area contributed by atoms with E-state index in [1.54, 1.807) is 18.3 Å². The van der Waals surface area contributed by atoms with Crippen LogP contribution in [0.1, 0.15) is 6.92 Å². The summed E-state index contributed by atoms with van der Waals surface area (Å²) in [5.41, 5.74) is 0.413. The van der Waals surface area contributed by atoms with Gasteiger partial charge in [-0.1, -0.05) is 11.3 Å². The molecule has 0 radical (unpaired) electrons. The molecule has 78 valence electrons. The van der Waals surface area contributed by atoms with E-state index in [1.165, 1.54) is 11.3 Å². The van der Waals surface area contributed by atoms with Crippen LogP contribution in [0, 0.1) is 0 Å². The number of aromatic amines is 1. The van der Waals surface area contributed by atoms with Crippen LogP contribution >= 0.6 is 11.3 Å². The molecule has 0 saturated carbocycles. The first-order valence-electron chi connectivity index (χ1n) is 4.56. The minimum Gasteiger partial charge on any atom is -0.360 e. The summed E-state index contributed by atoms with van der Waals surface area (Å²) >= 11 is 1.37. The zero-order valence-electron chi connectivity index (χ0n) is 8.15. The van der Waals surface area contributed by atoms with Crippen molar-refractivity contribution in [3.05, 3.63) is 28.7 Å². The Balaban J connectivity index is 2.38. The van der Waals surface area contributed by atoms with Crippen molar-refractivity contribution in [3.63, 3.8) is 0 Å². The minimum atomic E-state index is -0.142. The summed E-state index contributed by atoms with van der Waals surface area (Å²) < 4.78 is 0. The number of nitrogens with one attached hydrogen (secondary N) is 2. The molecule has 0 amide bonds. The highest BCUT2D eigenvalue weighted by atomic mass is 32.1. The van der Waals surface area contributed by atoms with Gasteiger partial charge >= 0.3 is 0 Å². The zero-order valence-corrected chi connectivity index (χ0v) is 8.97. The third-order valence-corrected chi connectivity index (χ3v) is 2.72. The molecule has 0 bridgehead atoms. The van der Waals surface area contributed by atoms with Crippen molar-refractivity contribution in [1.29, 1.82) is 0 Å². The lowest BCUT2D eigenvalue weighted by atomic mass is 10.3. The van der Waals surface area contributed by atoms with Crippen LogP contribution in [-0.2, 0) is 0 Å². The number of hydrogen-bond donors (Lipinski definition) is 2. The molecule has 0 fully saturated rings. The summed E-state index contributed by atoms with van der Waals surface area (Å²) in [5, 5.41) is 12.3. The standard InChI is InChI=1S/C9H10N4OS/c1-2-10-9-13-12-8(15-9)6-4-3-5-11-7(6)14/h3-5H,2H2,1H3,(H,10,13)(H,11,14). The molecule has 6 heteroatoms. The van der Waals surface area contributed by atoms with Gasteiger partial charge in [-0.05, 0) is 19.1 Å². The molecule has 0 aliphatic rings. The SMILES string of the molecule is CCNc1nnc(-c2ccc[nH]c2=O)s1. The number of aromatic nitrogens is 3. The first-order valence-corrected chi connectivity index (χ1v) is 5.38. The molecule has 2 N–H and O–H groups in total. The summed E-state index contributed by atoms with van der Waals surface area (Å²) in [6.07, 6.45) is 1.60. The van der Waals surface area contributed by atoms with Crippen LogP contribution in [0.25, 0.3) is 10.6 Å². The molecule has 0 unspecified atom stereocenters. The molecule has 15 heavy (non-hydrogen) atoms. The second-order valence-electron chi connectivity index (χ2n) is 2.86. The quantitative estimate of drug-likeness (QED) is 0.821. The Bertz CT molecular complexity index is 505. The lowest BCUT2D eigenvalue weighted by Gasteiger charge is -1.92. The highest BCUT2D eigenvalue weighted by Crippen LogP contribution is 2.22. The van der Waals surface area contributed by atoms with Crippen LogP contribution in [-0.4, -0.2) is 21.7 Å². The highest BCUT2D eigenvalue weighted by molar-refractivity contribution is 7.18. The zero-order chi connectivity index (χ0) is 10.7. The van der Waals surface area contributed by atoms with Crippen LogP contribution in [0.4, 0.5) is 5.13 Å². The van der Waals surface area contributed by atoms with E-state index in [-0.39, 0.29) is 5.56 Å². The molecule has 2 rings (SSSR count). The van der Waals surface area contributed by atoms with Gasteiger partial charge in [0.2, 0.25) is 5.13 Å². The maximum absolute atomic E-state index is 11.4. The fourth-order valence-corrected chi connectivity index (χ4v) is 1.98. The smallest absolute Gasteiger partial charge is 0.258 e. The number of H-pyrrole nitrogens is 1. The van der Waals surface area contributed by atoms with E-state index in [0.29, 0.717) is 10.6 Å². The molecule has 5 nitrogen and oxygen atoms in total. The summed E-state index contributed by atoms with van der Waals surface area (Å²) in [6, 6.07) is 3.50. The molecule has 0 spiro atoms.